The number of aromatic nitrogens is 2. The molecule has 7 rings (SSSR count). The van der Waals surface area contributed by atoms with Crippen molar-refractivity contribution in [2.24, 2.45) is 17.8 Å². The first-order chi connectivity index (χ1) is 22.1. The highest BCUT2D eigenvalue weighted by atomic mass is 16.5. The fourth-order valence-corrected chi connectivity index (χ4v) is 9.30. The summed E-state index contributed by atoms with van der Waals surface area (Å²) in [5.41, 5.74) is 2.89. The lowest BCUT2D eigenvalue weighted by Gasteiger charge is -2.43. The molecule has 1 N–H and O–H groups in total. The largest absolute Gasteiger partial charge is 0.485 e. The van der Waals surface area contributed by atoms with E-state index in [-0.39, 0.29) is 17.7 Å². The van der Waals surface area contributed by atoms with Crippen molar-refractivity contribution in [1.29, 1.82) is 0 Å². The zero-order valence-electron chi connectivity index (χ0n) is 28.5. The third-order valence-corrected chi connectivity index (χ3v) is 11.6. The number of hydrogen-bond acceptors (Lipinski definition) is 8. The van der Waals surface area contributed by atoms with Crippen LogP contribution in [-0.4, -0.2) is 71.4 Å². The number of rotatable bonds is 9. The lowest BCUT2D eigenvalue weighted by Crippen LogP contribution is -2.55. The SMILES string of the molecule is CCC1C(=O)N(C)c2cnc(Nc3ccc(C(=O)CCCC4CC5CCN(C)CC5C4)c4c3OC(C)(C)C4)nc2N1C1CCCC1. The first-order valence-corrected chi connectivity index (χ1v) is 17.9. The van der Waals surface area contributed by atoms with Gasteiger partial charge in [-0.2, -0.15) is 4.98 Å². The van der Waals surface area contributed by atoms with Crippen LogP contribution in [0.5, 0.6) is 5.75 Å². The molecule has 2 aliphatic carbocycles. The quantitative estimate of drug-likeness (QED) is 0.305. The van der Waals surface area contributed by atoms with E-state index < -0.39 is 5.60 Å². The van der Waals surface area contributed by atoms with Gasteiger partial charge in [-0.3, -0.25) is 9.59 Å². The molecular weight excluding hydrogens is 576 g/mol. The molecule has 4 heterocycles. The van der Waals surface area contributed by atoms with E-state index in [1.54, 1.807) is 11.1 Å². The maximum atomic E-state index is 13.6. The second-order valence-corrected chi connectivity index (χ2v) is 15.4. The number of piperidine rings is 1. The van der Waals surface area contributed by atoms with Crippen LogP contribution in [0.1, 0.15) is 107 Å². The number of hydrogen-bond donors (Lipinski definition) is 1. The Morgan fingerprint density at radius 2 is 1.89 bits per heavy atom. The number of nitrogens with one attached hydrogen (secondary N) is 1. The summed E-state index contributed by atoms with van der Waals surface area (Å²) >= 11 is 0. The summed E-state index contributed by atoms with van der Waals surface area (Å²) in [6.07, 6.45) is 14.4. The molecule has 3 fully saturated rings. The van der Waals surface area contributed by atoms with E-state index in [0.717, 1.165) is 83.9 Å². The Morgan fingerprint density at radius 3 is 2.67 bits per heavy atom. The van der Waals surface area contributed by atoms with E-state index in [4.69, 9.17) is 9.72 Å². The summed E-state index contributed by atoms with van der Waals surface area (Å²) in [6, 6.07) is 4.01. The number of anilines is 4. The molecule has 2 aromatic rings. The summed E-state index contributed by atoms with van der Waals surface area (Å²) in [4.78, 5) is 43.1. The van der Waals surface area contributed by atoms with E-state index in [2.05, 4.69) is 47.9 Å². The molecule has 1 saturated heterocycles. The van der Waals surface area contributed by atoms with Gasteiger partial charge in [0.2, 0.25) is 11.9 Å². The highest BCUT2D eigenvalue weighted by Gasteiger charge is 2.42. The third kappa shape index (κ3) is 5.88. The smallest absolute Gasteiger partial charge is 0.249 e. The monoisotopic (exact) mass is 628 g/mol. The first-order valence-electron chi connectivity index (χ1n) is 17.9. The van der Waals surface area contributed by atoms with Gasteiger partial charge in [0.25, 0.3) is 0 Å². The number of carbonyl (C=O) groups excluding carboxylic acids is 2. The molecule has 4 atom stereocenters. The molecule has 0 radical (unpaired) electrons. The van der Waals surface area contributed by atoms with Crippen molar-refractivity contribution in [2.45, 2.75) is 116 Å². The van der Waals surface area contributed by atoms with Crippen molar-refractivity contribution in [3.8, 4) is 5.75 Å². The molecule has 1 amide bonds. The Labute approximate surface area is 274 Å². The van der Waals surface area contributed by atoms with Gasteiger partial charge in [-0.25, -0.2) is 4.98 Å². The number of benzene rings is 1. The topological polar surface area (TPSA) is 90.9 Å². The highest BCUT2D eigenvalue weighted by molar-refractivity contribution is 6.04. The standard InChI is InChI=1S/C37H52N6O3/c1-6-30-35(45)42(5)31-21-38-36(40-34(31)43(30)26-11-7-8-12-26)39-29-15-14-27(28-20-37(2,3)46-33(28)29)32(44)13-9-10-23-18-24-16-17-41(4)22-25(24)19-23/h14-15,21,23-26,30H,6-13,16-20,22H2,1-5H3,(H,38,39,40). The van der Waals surface area contributed by atoms with Gasteiger partial charge in [0.15, 0.2) is 11.6 Å². The van der Waals surface area contributed by atoms with Crippen molar-refractivity contribution in [1.82, 2.24) is 14.9 Å². The Morgan fingerprint density at radius 1 is 1.11 bits per heavy atom. The number of Topliss-reactive ketones (excluding diaryl/α,β-unsaturated/α-hetero) is 1. The summed E-state index contributed by atoms with van der Waals surface area (Å²) in [6.45, 7) is 8.71. The Kier molecular flexibility index (Phi) is 8.49. The zero-order chi connectivity index (χ0) is 32.2. The molecule has 3 aliphatic heterocycles. The van der Waals surface area contributed by atoms with Crippen LogP contribution in [0.25, 0.3) is 0 Å². The van der Waals surface area contributed by atoms with Crippen LogP contribution >= 0.6 is 0 Å². The second-order valence-electron chi connectivity index (χ2n) is 15.4. The number of amides is 1. The Balaban J connectivity index is 1.09. The van der Waals surface area contributed by atoms with Gasteiger partial charge >= 0.3 is 0 Å². The van der Waals surface area contributed by atoms with Crippen LogP contribution in [0.2, 0.25) is 0 Å². The minimum absolute atomic E-state index is 0.106. The van der Waals surface area contributed by atoms with Crippen LogP contribution in [0.15, 0.2) is 18.3 Å². The minimum Gasteiger partial charge on any atom is -0.485 e. The fourth-order valence-electron chi connectivity index (χ4n) is 9.30. The number of likely N-dealkylation sites (N-methyl/N-ethyl adjacent to an activating group) is 1. The summed E-state index contributed by atoms with van der Waals surface area (Å²) in [5.74, 6) is 4.84. The molecule has 0 spiro atoms. The van der Waals surface area contributed by atoms with Gasteiger partial charge in [-0.15, -0.1) is 0 Å². The number of likely N-dealkylation sites (tertiary alicyclic amines) is 1. The zero-order valence-corrected chi connectivity index (χ0v) is 28.5. The van der Waals surface area contributed by atoms with Crippen molar-refractivity contribution >= 4 is 34.8 Å². The van der Waals surface area contributed by atoms with Crippen LogP contribution < -0.4 is 19.9 Å². The maximum absolute atomic E-state index is 13.6. The molecule has 2 saturated carbocycles. The molecule has 1 aromatic heterocycles. The summed E-state index contributed by atoms with van der Waals surface area (Å²) in [7, 11) is 4.07. The van der Waals surface area contributed by atoms with E-state index >= 15 is 0 Å². The average Bonchev–Trinajstić information content (AvgIpc) is 3.77. The van der Waals surface area contributed by atoms with Crippen molar-refractivity contribution < 1.29 is 14.3 Å². The number of ketones is 1. The molecule has 1 aromatic carbocycles. The lowest BCUT2D eigenvalue weighted by atomic mass is 9.89. The molecule has 46 heavy (non-hydrogen) atoms. The number of carbonyl (C=O) groups is 2. The molecule has 4 unspecified atom stereocenters. The first kappa shape index (κ1) is 31.4. The third-order valence-electron chi connectivity index (χ3n) is 11.6. The normalized spacial score (nSPS) is 27.4. The maximum Gasteiger partial charge on any atom is 0.249 e. The van der Waals surface area contributed by atoms with E-state index in [0.29, 0.717) is 24.8 Å². The number of ether oxygens (including phenoxy) is 1. The Bertz CT molecular complexity index is 1490. The minimum atomic E-state index is -0.407. The van der Waals surface area contributed by atoms with Gasteiger partial charge in [-0.05, 0) is 109 Å². The molecule has 9 nitrogen and oxygen atoms in total. The molecule has 9 heteroatoms. The Hall–Kier alpha value is -3.20. The van der Waals surface area contributed by atoms with Gasteiger partial charge in [0.05, 0.1) is 11.9 Å². The van der Waals surface area contributed by atoms with Gasteiger partial charge in [0.1, 0.15) is 23.1 Å². The predicted molar refractivity (Wildman–Crippen MR) is 182 cm³/mol. The molecule has 5 aliphatic rings. The van der Waals surface area contributed by atoms with Crippen LogP contribution in [0, 0.1) is 17.8 Å². The second kappa shape index (κ2) is 12.4. The van der Waals surface area contributed by atoms with Gasteiger partial charge in [0, 0.05) is 43.6 Å². The van der Waals surface area contributed by atoms with Crippen LogP contribution in [0.4, 0.5) is 23.1 Å². The summed E-state index contributed by atoms with van der Waals surface area (Å²) in [5, 5.41) is 3.44. The van der Waals surface area contributed by atoms with E-state index in [9.17, 15) is 9.59 Å². The lowest BCUT2D eigenvalue weighted by molar-refractivity contribution is -0.120. The van der Waals surface area contributed by atoms with Crippen molar-refractivity contribution in [3.05, 3.63) is 29.5 Å². The van der Waals surface area contributed by atoms with Crippen LogP contribution in [-0.2, 0) is 11.2 Å². The van der Waals surface area contributed by atoms with E-state index in [1.807, 2.05) is 19.2 Å². The highest BCUT2D eigenvalue weighted by Crippen LogP contribution is 2.46. The number of fused-ring (bicyclic) bond motifs is 3. The summed E-state index contributed by atoms with van der Waals surface area (Å²) < 4.78 is 6.48. The number of nitrogens with zero attached hydrogens (tertiary/aromatic N) is 5. The van der Waals surface area contributed by atoms with Crippen molar-refractivity contribution in [2.75, 3.05) is 42.3 Å². The fraction of sp³-hybridized carbons (Fsp3) is 0.676. The molecule has 248 valence electrons. The van der Waals surface area contributed by atoms with Gasteiger partial charge in [-0.1, -0.05) is 19.8 Å². The average molecular weight is 629 g/mol. The van der Waals surface area contributed by atoms with Crippen LogP contribution in [0.3, 0.4) is 0 Å². The van der Waals surface area contributed by atoms with Gasteiger partial charge < -0.3 is 24.8 Å². The predicted octanol–water partition coefficient (Wildman–Crippen LogP) is 6.77. The molecular formula is C37H52N6O3. The van der Waals surface area contributed by atoms with E-state index in [1.165, 1.54) is 45.2 Å². The molecule has 0 bridgehead atoms. The van der Waals surface area contributed by atoms with Crippen molar-refractivity contribution in [3.63, 3.8) is 0 Å².